The Balaban J connectivity index is 1.90. The number of nitrogens with zero attached hydrogens (tertiary/aromatic N) is 2. The molecule has 5 nitrogen and oxygen atoms in total. The van der Waals surface area contributed by atoms with Crippen molar-refractivity contribution in [1.29, 1.82) is 0 Å². The fraction of sp³-hybridized carbons (Fsp3) is 0.273. The number of benzene rings is 2. The third-order valence-electron chi connectivity index (χ3n) is 5.19. The van der Waals surface area contributed by atoms with Crippen molar-refractivity contribution >= 4 is 51.7 Å². The monoisotopic (exact) mass is 464 g/mol. The van der Waals surface area contributed by atoms with Crippen molar-refractivity contribution in [3.05, 3.63) is 78.6 Å². The zero-order valence-corrected chi connectivity index (χ0v) is 18.7. The molecule has 0 N–H and O–H groups in total. The molecule has 30 heavy (non-hydrogen) atoms. The van der Waals surface area contributed by atoms with Gasteiger partial charge < -0.3 is 14.2 Å². The van der Waals surface area contributed by atoms with Crippen molar-refractivity contribution in [2.45, 2.75) is 12.5 Å². The molecule has 0 unspecified atom stereocenters. The van der Waals surface area contributed by atoms with Crippen LogP contribution in [-0.2, 0) is 0 Å². The maximum atomic E-state index is 13.4. The van der Waals surface area contributed by atoms with Crippen molar-refractivity contribution in [2.75, 3.05) is 27.2 Å². The Bertz CT molecular complexity index is 1210. The molecule has 156 valence electrons. The molecule has 0 aliphatic carbocycles. The summed E-state index contributed by atoms with van der Waals surface area (Å²) < 4.78 is 5.90. The van der Waals surface area contributed by atoms with Gasteiger partial charge in [0.2, 0.25) is 5.76 Å². The minimum Gasteiger partial charge on any atom is -0.450 e. The molecule has 0 bridgehead atoms. The van der Waals surface area contributed by atoms with Crippen LogP contribution in [0.25, 0.3) is 11.0 Å². The standard InChI is InChI=1S/C22H19Cl3N2O3/c1-26(2)8-3-9-27-19(12-4-6-15(24)16(25)10-12)18-20(28)14-11-13(23)5-7-17(14)30-21(18)22(27)29/h4-7,10-11,19H,3,8-9H2,1-2H3/t19-/m1/s1. The second-order valence-electron chi connectivity index (χ2n) is 7.55. The topological polar surface area (TPSA) is 53.8 Å². The predicted octanol–water partition coefficient (Wildman–Crippen LogP) is 5.25. The van der Waals surface area contributed by atoms with Crippen molar-refractivity contribution in [1.82, 2.24) is 9.80 Å². The summed E-state index contributed by atoms with van der Waals surface area (Å²) in [5.74, 6) is -0.246. The normalized spacial score (nSPS) is 16.0. The number of amides is 1. The third kappa shape index (κ3) is 3.71. The molecule has 1 aromatic heterocycles. The molecular formula is C22H19Cl3N2O3. The van der Waals surface area contributed by atoms with E-state index < -0.39 is 6.04 Å². The highest BCUT2D eigenvalue weighted by Gasteiger charge is 2.42. The molecule has 4 rings (SSSR count). The van der Waals surface area contributed by atoms with Crippen LogP contribution in [0.5, 0.6) is 0 Å². The first kappa shape index (κ1) is 21.2. The van der Waals surface area contributed by atoms with Gasteiger partial charge in [-0.3, -0.25) is 9.59 Å². The Labute approximate surface area is 188 Å². The highest BCUT2D eigenvalue weighted by atomic mass is 35.5. The summed E-state index contributed by atoms with van der Waals surface area (Å²) in [7, 11) is 3.94. The summed E-state index contributed by atoms with van der Waals surface area (Å²) in [6.45, 7) is 1.26. The van der Waals surface area contributed by atoms with Gasteiger partial charge in [0.15, 0.2) is 5.43 Å². The van der Waals surface area contributed by atoms with E-state index in [4.69, 9.17) is 39.2 Å². The summed E-state index contributed by atoms with van der Waals surface area (Å²) in [5, 5.41) is 1.53. The van der Waals surface area contributed by atoms with Gasteiger partial charge in [0.05, 0.1) is 27.0 Å². The zero-order chi connectivity index (χ0) is 21.6. The van der Waals surface area contributed by atoms with Gasteiger partial charge >= 0.3 is 0 Å². The lowest BCUT2D eigenvalue weighted by molar-refractivity contribution is 0.0722. The first-order valence-corrected chi connectivity index (χ1v) is 10.6. The lowest BCUT2D eigenvalue weighted by Crippen LogP contribution is -2.32. The van der Waals surface area contributed by atoms with Crippen LogP contribution in [0.1, 0.15) is 34.1 Å². The van der Waals surface area contributed by atoms with Crippen LogP contribution < -0.4 is 5.43 Å². The van der Waals surface area contributed by atoms with Gasteiger partial charge in [-0.2, -0.15) is 0 Å². The molecule has 0 saturated carbocycles. The predicted molar refractivity (Wildman–Crippen MR) is 120 cm³/mol. The van der Waals surface area contributed by atoms with Crippen LogP contribution in [0.15, 0.2) is 45.6 Å². The second kappa shape index (κ2) is 8.23. The molecule has 0 spiro atoms. The smallest absolute Gasteiger partial charge is 0.290 e. The Morgan fingerprint density at radius 2 is 1.80 bits per heavy atom. The fourth-order valence-corrected chi connectivity index (χ4v) is 4.29. The van der Waals surface area contributed by atoms with Gasteiger partial charge in [0.25, 0.3) is 5.91 Å². The van der Waals surface area contributed by atoms with Gasteiger partial charge in [-0.05, 0) is 63.0 Å². The summed E-state index contributed by atoms with van der Waals surface area (Å²) in [5.41, 5.74) is 1.07. The molecule has 1 aliphatic heterocycles. The summed E-state index contributed by atoms with van der Waals surface area (Å²) in [6, 6.07) is 9.33. The molecule has 1 aliphatic rings. The van der Waals surface area contributed by atoms with E-state index in [1.54, 1.807) is 41.3 Å². The van der Waals surface area contributed by atoms with Gasteiger partial charge in [-0.25, -0.2) is 0 Å². The first-order valence-electron chi connectivity index (χ1n) is 9.45. The number of hydrogen-bond acceptors (Lipinski definition) is 4. The van der Waals surface area contributed by atoms with Gasteiger partial charge in [-0.1, -0.05) is 40.9 Å². The van der Waals surface area contributed by atoms with E-state index in [0.29, 0.717) is 43.7 Å². The van der Waals surface area contributed by atoms with Crippen LogP contribution in [0.2, 0.25) is 15.1 Å². The largest absolute Gasteiger partial charge is 0.450 e. The van der Waals surface area contributed by atoms with Crippen LogP contribution in [-0.4, -0.2) is 42.9 Å². The van der Waals surface area contributed by atoms with Crippen LogP contribution in [0.3, 0.4) is 0 Å². The Hall–Kier alpha value is -2.05. The van der Waals surface area contributed by atoms with Crippen molar-refractivity contribution in [2.24, 2.45) is 0 Å². The number of rotatable bonds is 5. The second-order valence-corrected chi connectivity index (χ2v) is 8.80. The third-order valence-corrected chi connectivity index (χ3v) is 6.17. The average molecular weight is 466 g/mol. The number of fused-ring (bicyclic) bond motifs is 2. The molecule has 0 saturated heterocycles. The van der Waals surface area contributed by atoms with E-state index in [1.165, 1.54) is 0 Å². The van der Waals surface area contributed by atoms with Crippen LogP contribution >= 0.6 is 34.8 Å². The minimum absolute atomic E-state index is 0.0655. The minimum atomic E-state index is -0.607. The maximum absolute atomic E-state index is 13.4. The zero-order valence-electron chi connectivity index (χ0n) is 16.4. The van der Waals surface area contributed by atoms with Crippen LogP contribution in [0, 0.1) is 0 Å². The first-order chi connectivity index (χ1) is 14.3. The molecule has 8 heteroatoms. The maximum Gasteiger partial charge on any atom is 0.290 e. The van der Waals surface area contributed by atoms with E-state index in [2.05, 4.69) is 0 Å². The van der Waals surface area contributed by atoms with Crippen molar-refractivity contribution in [3.63, 3.8) is 0 Å². The molecule has 0 radical (unpaired) electrons. The molecule has 1 atom stereocenters. The van der Waals surface area contributed by atoms with Gasteiger partial charge in [-0.15, -0.1) is 0 Å². The summed E-state index contributed by atoms with van der Waals surface area (Å²) >= 11 is 18.4. The number of hydrogen-bond donors (Lipinski definition) is 0. The van der Waals surface area contributed by atoms with E-state index in [0.717, 1.165) is 13.0 Å². The highest BCUT2D eigenvalue weighted by molar-refractivity contribution is 6.42. The Kier molecular flexibility index (Phi) is 5.82. The molecule has 2 aromatic carbocycles. The number of carbonyl (C=O) groups is 1. The van der Waals surface area contributed by atoms with Gasteiger partial charge in [0, 0.05) is 11.6 Å². The summed E-state index contributed by atoms with van der Waals surface area (Å²) in [4.78, 5) is 30.4. The lowest BCUT2D eigenvalue weighted by atomic mass is 9.98. The summed E-state index contributed by atoms with van der Waals surface area (Å²) in [6.07, 6.45) is 0.740. The molecule has 1 amide bonds. The van der Waals surface area contributed by atoms with E-state index >= 15 is 0 Å². The highest BCUT2D eigenvalue weighted by Crippen LogP contribution is 2.40. The van der Waals surface area contributed by atoms with Crippen molar-refractivity contribution in [3.8, 4) is 0 Å². The molecule has 0 fully saturated rings. The van der Waals surface area contributed by atoms with E-state index in [1.807, 2.05) is 19.0 Å². The van der Waals surface area contributed by atoms with E-state index in [-0.39, 0.29) is 17.1 Å². The fourth-order valence-electron chi connectivity index (χ4n) is 3.81. The lowest BCUT2D eigenvalue weighted by Gasteiger charge is -2.26. The van der Waals surface area contributed by atoms with Crippen molar-refractivity contribution < 1.29 is 9.21 Å². The molecule has 2 heterocycles. The SMILES string of the molecule is CN(C)CCCN1C(=O)c2oc3ccc(Cl)cc3c(=O)c2[C@H]1c1ccc(Cl)c(Cl)c1. The Morgan fingerprint density at radius 3 is 2.50 bits per heavy atom. The molecule has 3 aromatic rings. The van der Waals surface area contributed by atoms with Gasteiger partial charge in [0.1, 0.15) is 5.58 Å². The molecular weight excluding hydrogens is 447 g/mol. The average Bonchev–Trinajstić information content (AvgIpc) is 2.97. The number of halogens is 3. The quantitative estimate of drug-likeness (QED) is 0.516. The number of carbonyl (C=O) groups excluding carboxylic acids is 1. The van der Waals surface area contributed by atoms with E-state index in [9.17, 15) is 9.59 Å². The van der Waals surface area contributed by atoms with Crippen LogP contribution in [0.4, 0.5) is 0 Å². The Morgan fingerprint density at radius 1 is 1.03 bits per heavy atom.